The highest BCUT2D eigenvalue weighted by atomic mass is 16.6. The molecular weight excluding hydrogens is 596 g/mol. The molecule has 4 aromatic rings. The zero-order valence-electron chi connectivity index (χ0n) is 27.9. The molecule has 0 radical (unpaired) electrons. The van der Waals surface area contributed by atoms with E-state index in [1.165, 1.54) is 0 Å². The molecule has 4 aliphatic rings. The Bertz CT molecular complexity index is 1800. The van der Waals surface area contributed by atoms with E-state index in [1.54, 1.807) is 35.5 Å². The van der Waals surface area contributed by atoms with Crippen molar-refractivity contribution >= 4 is 0 Å². The van der Waals surface area contributed by atoms with Crippen LogP contribution in [0.1, 0.15) is 45.5 Å². The van der Waals surface area contributed by atoms with Crippen LogP contribution in [0.2, 0.25) is 0 Å². The second kappa shape index (κ2) is 12.3. The van der Waals surface area contributed by atoms with Gasteiger partial charge >= 0.3 is 0 Å². The Labute approximate surface area is 276 Å². The average Bonchev–Trinajstić information content (AvgIpc) is 3.07. The van der Waals surface area contributed by atoms with Crippen molar-refractivity contribution in [2.24, 2.45) is 0 Å². The van der Waals surface area contributed by atoms with Crippen LogP contribution in [0.4, 0.5) is 0 Å². The second-order valence-electron chi connectivity index (χ2n) is 12.9. The Balaban J connectivity index is 1.48. The first-order chi connectivity index (χ1) is 22.7. The van der Waals surface area contributed by atoms with E-state index < -0.39 is 0 Å². The van der Waals surface area contributed by atoms with Gasteiger partial charge in [-0.15, -0.1) is 0 Å². The molecule has 0 saturated heterocycles. The minimum absolute atomic E-state index is 0.0501. The quantitative estimate of drug-likeness (QED) is 0.172. The third-order valence-electron chi connectivity index (χ3n) is 10.1. The van der Waals surface area contributed by atoms with Crippen LogP contribution in [0.3, 0.4) is 0 Å². The molecule has 3 atom stereocenters. The van der Waals surface area contributed by atoms with Crippen LogP contribution in [-0.2, 0) is 25.7 Å². The number of nitrogens with zero attached hydrogens (tertiary/aromatic N) is 2. The minimum Gasteiger partial charge on any atom is -0.633 e. The molecule has 0 amide bonds. The maximum absolute atomic E-state index is 14.1. The lowest BCUT2D eigenvalue weighted by atomic mass is 9.87. The van der Waals surface area contributed by atoms with Crippen molar-refractivity contribution in [3.8, 4) is 46.0 Å². The summed E-state index contributed by atoms with van der Waals surface area (Å²) in [6.45, 7) is 1.34. The van der Waals surface area contributed by atoms with E-state index >= 15 is 0 Å². The molecule has 0 N–H and O–H groups in total. The molecule has 0 aliphatic carbocycles. The predicted molar refractivity (Wildman–Crippen MR) is 179 cm³/mol. The Morgan fingerprint density at radius 2 is 1.45 bits per heavy atom. The van der Waals surface area contributed by atoms with Crippen LogP contribution in [0.25, 0.3) is 0 Å². The lowest BCUT2D eigenvalue weighted by Crippen LogP contribution is -2.47. The van der Waals surface area contributed by atoms with Gasteiger partial charge in [-0.3, -0.25) is 4.90 Å². The van der Waals surface area contributed by atoms with Crippen molar-refractivity contribution in [1.82, 2.24) is 4.90 Å². The Kier molecular flexibility index (Phi) is 8.16. The number of hydrogen-bond donors (Lipinski definition) is 0. The Hall–Kier alpha value is -4.44. The van der Waals surface area contributed by atoms with Crippen LogP contribution in [-0.4, -0.2) is 65.2 Å². The first-order valence-corrected chi connectivity index (χ1v) is 16.1. The zero-order valence-corrected chi connectivity index (χ0v) is 27.9. The van der Waals surface area contributed by atoms with Crippen LogP contribution in [0.5, 0.6) is 46.0 Å². The summed E-state index contributed by atoms with van der Waals surface area (Å²) in [5.74, 6) is 4.85. The maximum Gasteiger partial charge on any atom is 0.204 e. The van der Waals surface area contributed by atoms with Crippen LogP contribution in [0, 0.1) is 5.21 Å². The van der Waals surface area contributed by atoms with Crippen molar-refractivity contribution in [3.63, 3.8) is 0 Å². The molecule has 6 bridgehead atoms. The lowest BCUT2D eigenvalue weighted by molar-refractivity contribution is -0.894. The third kappa shape index (κ3) is 5.62. The molecule has 47 heavy (non-hydrogen) atoms. The SMILES string of the molecule is COc1ccc2cc1Oc1ccc(cc1)C[C@H]1c3cc(c(OC)cc3CC[N@@+]1(C)[O-])Oc1c(OC)c(OC)cc3c1[C@@H](C2)N(C)CC3. The number of quaternary nitrogens is 1. The summed E-state index contributed by atoms with van der Waals surface area (Å²) in [7, 11) is 10.5. The summed E-state index contributed by atoms with van der Waals surface area (Å²) in [5.41, 5.74) is 6.37. The van der Waals surface area contributed by atoms with Crippen LogP contribution < -0.4 is 28.4 Å². The van der Waals surface area contributed by atoms with E-state index in [0.717, 1.165) is 46.3 Å². The number of methoxy groups -OCH3 is 4. The van der Waals surface area contributed by atoms with Crippen LogP contribution in [0.15, 0.2) is 60.7 Å². The van der Waals surface area contributed by atoms with Crippen molar-refractivity contribution in [1.29, 1.82) is 0 Å². The fraction of sp³-hybridized carbons (Fsp3) is 0.368. The van der Waals surface area contributed by atoms with E-state index in [2.05, 4.69) is 30.1 Å². The molecule has 9 heteroatoms. The molecule has 8 rings (SSSR count). The normalized spacial score (nSPS) is 21.8. The highest BCUT2D eigenvalue weighted by molar-refractivity contribution is 5.63. The number of hydroxylamine groups is 3. The van der Waals surface area contributed by atoms with Gasteiger partial charge in [-0.1, -0.05) is 18.2 Å². The van der Waals surface area contributed by atoms with Crippen molar-refractivity contribution < 1.29 is 33.1 Å². The largest absolute Gasteiger partial charge is 0.633 e. The van der Waals surface area contributed by atoms with Gasteiger partial charge in [0.05, 0.1) is 42.0 Å². The van der Waals surface area contributed by atoms with E-state index in [-0.39, 0.29) is 16.7 Å². The minimum atomic E-state index is -0.383. The summed E-state index contributed by atoms with van der Waals surface area (Å²) >= 11 is 0. The van der Waals surface area contributed by atoms with Gasteiger partial charge in [-0.25, -0.2) is 0 Å². The fourth-order valence-corrected chi connectivity index (χ4v) is 7.42. The fourth-order valence-electron chi connectivity index (χ4n) is 7.42. The van der Waals surface area contributed by atoms with Crippen molar-refractivity contribution in [2.75, 3.05) is 55.6 Å². The van der Waals surface area contributed by atoms with Gasteiger partial charge in [0, 0.05) is 36.6 Å². The van der Waals surface area contributed by atoms with Crippen molar-refractivity contribution in [3.05, 3.63) is 99.3 Å². The van der Waals surface area contributed by atoms with Gasteiger partial charge < -0.3 is 38.3 Å². The molecule has 4 aromatic carbocycles. The first kappa shape index (κ1) is 31.2. The first-order valence-electron chi connectivity index (χ1n) is 16.1. The number of fused-ring (bicyclic) bond motifs is 2. The predicted octanol–water partition coefficient (Wildman–Crippen LogP) is 7.18. The molecule has 4 aliphatic heterocycles. The number of hydrogen-bond acceptors (Lipinski definition) is 8. The molecule has 4 heterocycles. The molecular formula is C38H42N2O7. The summed E-state index contributed by atoms with van der Waals surface area (Å²) in [6.07, 6.45) is 2.72. The molecule has 0 fully saturated rings. The van der Waals surface area contributed by atoms with Gasteiger partial charge in [0.1, 0.15) is 11.8 Å². The van der Waals surface area contributed by atoms with E-state index in [4.69, 9.17) is 28.4 Å². The summed E-state index contributed by atoms with van der Waals surface area (Å²) in [4.78, 5) is 2.35. The number of rotatable bonds is 4. The van der Waals surface area contributed by atoms with Gasteiger partial charge in [0.15, 0.2) is 34.5 Å². The Morgan fingerprint density at radius 1 is 0.745 bits per heavy atom. The maximum atomic E-state index is 14.1. The topological polar surface area (TPSA) is 81.7 Å². The van der Waals surface area contributed by atoms with Gasteiger partial charge in [-0.05, 0) is 84.6 Å². The van der Waals surface area contributed by atoms with E-state index in [9.17, 15) is 5.21 Å². The third-order valence-corrected chi connectivity index (χ3v) is 10.1. The molecule has 0 spiro atoms. The molecule has 246 valence electrons. The summed E-state index contributed by atoms with van der Waals surface area (Å²) < 4.78 is 36.5. The lowest BCUT2D eigenvalue weighted by Gasteiger charge is -2.49. The highest BCUT2D eigenvalue weighted by Crippen LogP contribution is 2.52. The van der Waals surface area contributed by atoms with Gasteiger partial charge in [-0.2, -0.15) is 0 Å². The number of benzene rings is 4. The molecule has 0 aromatic heterocycles. The molecule has 0 saturated carbocycles. The molecule has 0 unspecified atom stereocenters. The average molecular weight is 639 g/mol. The molecule has 9 nitrogen and oxygen atoms in total. The summed E-state index contributed by atoms with van der Waals surface area (Å²) in [5, 5.41) is 14.1. The Morgan fingerprint density at radius 3 is 2.17 bits per heavy atom. The highest BCUT2D eigenvalue weighted by Gasteiger charge is 2.37. The summed E-state index contributed by atoms with van der Waals surface area (Å²) in [6, 6.07) is 19.8. The zero-order chi connectivity index (χ0) is 32.9. The number of ether oxygens (including phenoxy) is 6. The van der Waals surface area contributed by atoms with Gasteiger partial charge in [0.25, 0.3) is 0 Å². The smallest absolute Gasteiger partial charge is 0.204 e. The van der Waals surface area contributed by atoms with Gasteiger partial charge in [0.2, 0.25) is 5.75 Å². The van der Waals surface area contributed by atoms with E-state index in [1.807, 2.05) is 42.5 Å². The van der Waals surface area contributed by atoms with Crippen LogP contribution >= 0.6 is 0 Å². The standard InChI is InChI=1S/C38H42N2O7/c1-39-15-13-26-21-35(44-5)37(45-6)38-36(26)29(39)17-24-9-12-31(42-3)33(19-24)46-27-10-7-23(8-11-27)18-30-28-22-34(47-38)32(43-4)20-25(28)14-16-40(30,2)41/h7-12,19-22,29-30H,13-18H2,1-6H3/t29-,30+,40-/m1/s1. The monoisotopic (exact) mass is 638 g/mol. The van der Waals surface area contributed by atoms with Crippen molar-refractivity contribution in [2.45, 2.75) is 37.8 Å². The second-order valence-corrected chi connectivity index (χ2v) is 12.9. The number of likely N-dealkylation sites (N-methyl/N-ethyl adjacent to an activating group) is 2. The van der Waals surface area contributed by atoms with E-state index in [0.29, 0.717) is 71.8 Å².